The number of nitrogens with zero attached hydrogens (tertiary/aromatic N) is 2. The Balaban J connectivity index is 2.45. The maximum atomic E-state index is 13.7. The van der Waals surface area contributed by atoms with Gasteiger partial charge in [-0.2, -0.15) is 0 Å². The Morgan fingerprint density at radius 1 is 1.26 bits per heavy atom. The van der Waals surface area contributed by atoms with Crippen molar-refractivity contribution in [3.8, 4) is 0 Å². The third-order valence-electron chi connectivity index (χ3n) is 2.14. The van der Waals surface area contributed by atoms with E-state index in [-0.39, 0.29) is 27.3 Å². The van der Waals surface area contributed by atoms with Gasteiger partial charge in [-0.3, -0.25) is 0 Å². The highest BCUT2D eigenvalue weighted by molar-refractivity contribution is 7.99. The number of nitrogen functional groups attached to an aromatic ring is 2. The van der Waals surface area contributed by atoms with Crippen LogP contribution < -0.4 is 11.5 Å². The number of aromatic carboxylic acids is 1. The summed E-state index contributed by atoms with van der Waals surface area (Å²) in [5.74, 6) is -1.65. The van der Waals surface area contributed by atoms with Crippen molar-refractivity contribution >= 4 is 29.4 Å². The summed E-state index contributed by atoms with van der Waals surface area (Å²) in [6.45, 7) is 0. The van der Waals surface area contributed by atoms with Crippen molar-refractivity contribution in [1.82, 2.24) is 9.97 Å². The van der Waals surface area contributed by atoms with E-state index in [1.165, 1.54) is 18.2 Å². The highest BCUT2D eigenvalue weighted by Crippen LogP contribution is 2.31. The molecule has 0 radical (unpaired) electrons. The number of benzene rings is 1. The number of halogens is 1. The Morgan fingerprint density at radius 3 is 2.47 bits per heavy atom. The lowest BCUT2D eigenvalue weighted by molar-refractivity contribution is 0.0692. The second-order valence-corrected chi connectivity index (χ2v) is 4.50. The molecular formula is C11H9FN4O2S. The molecule has 0 saturated carbocycles. The van der Waals surface area contributed by atoms with E-state index in [0.29, 0.717) is 0 Å². The van der Waals surface area contributed by atoms with Gasteiger partial charge in [0.1, 0.15) is 17.5 Å². The third kappa shape index (κ3) is 2.91. The minimum Gasteiger partial charge on any atom is -0.478 e. The van der Waals surface area contributed by atoms with Gasteiger partial charge in [0.2, 0.25) is 0 Å². The number of hydrogen-bond acceptors (Lipinski definition) is 6. The van der Waals surface area contributed by atoms with Gasteiger partial charge in [-0.05, 0) is 23.9 Å². The van der Waals surface area contributed by atoms with Gasteiger partial charge in [0.15, 0.2) is 5.16 Å². The number of aromatic nitrogens is 2. The van der Waals surface area contributed by atoms with Gasteiger partial charge in [0, 0.05) is 6.07 Å². The monoisotopic (exact) mass is 280 g/mol. The quantitative estimate of drug-likeness (QED) is 0.732. The molecule has 98 valence electrons. The lowest BCUT2D eigenvalue weighted by atomic mass is 10.2. The molecule has 8 heteroatoms. The van der Waals surface area contributed by atoms with Crippen LogP contribution >= 0.6 is 11.8 Å². The van der Waals surface area contributed by atoms with Gasteiger partial charge in [-0.25, -0.2) is 19.2 Å². The predicted octanol–water partition coefficient (Wildman–Crippen LogP) is 1.63. The molecule has 1 aromatic carbocycles. The number of carboxylic acids is 1. The molecule has 1 aromatic heterocycles. The summed E-state index contributed by atoms with van der Waals surface area (Å²) >= 11 is 0.759. The van der Waals surface area contributed by atoms with Gasteiger partial charge in [0.05, 0.1) is 10.5 Å². The summed E-state index contributed by atoms with van der Waals surface area (Å²) in [5, 5.41) is 9.10. The van der Waals surface area contributed by atoms with Crippen LogP contribution in [0.25, 0.3) is 0 Å². The highest BCUT2D eigenvalue weighted by atomic mass is 32.2. The number of rotatable bonds is 3. The summed E-state index contributed by atoms with van der Waals surface area (Å²) < 4.78 is 13.7. The molecule has 0 aliphatic carbocycles. The fraction of sp³-hybridized carbons (Fsp3) is 0. The van der Waals surface area contributed by atoms with Crippen molar-refractivity contribution in [1.29, 1.82) is 0 Å². The van der Waals surface area contributed by atoms with Crippen molar-refractivity contribution in [2.75, 3.05) is 11.5 Å². The average Bonchev–Trinajstić information content (AvgIpc) is 2.30. The van der Waals surface area contributed by atoms with Gasteiger partial charge in [0.25, 0.3) is 0 Å². The zero-order valence-corrected chi connectivity index (χ0v) is 10.3. The van der Waals surface area contributed by atoms with Crippen LogP contribution in [0.1, 0.15) is 10.4 Å². The number of carbonyl (C=O) groups is 1. The summed E-state index contributed by atoms with van der Waals surface area (Å²) in [7, 11) is 0. The van der Waals surface area contributed by atoms with Gasteiger partial charge < -0.3 is 16.6 Å². The summed E-state index contributed by atoms with van der Waals surface area (Å²) in [5.41, 5.74) is 10.8. The molecule has 0 fully saturated rings. The van der Waals surface area contributed by atoms with E-state index in [2.05, 4.69) is 9.97 Å². The van der Waals surface area contributed by atoms with Crippen LogP contribution in [-0.4, -0.2) is 21.0 Å². The van der Waals surface area contributed by atoms with Crippen LogP contribution in [0.3, 0.4) is 0 Å². The van der Waals surface area contributed by atoms with Crippen molar-refractivity contribution in [3.63, 3.8) is 0 Å². The lowest BCUT2D eigenvalue weighted by Crippen LogP contribution is -2.03. The molecule has 19 heavy (non-hydrogen) atoms. The number of carboxylic acid groups (broad SMARTS) is 1. The number of nitrogens with two attached hydrogens (primary N) is 2. The van der Waals surface area contributed by atoms with E-state index in [4.69, 9.17) is 16.6 Å². The molecule has 0 bridgehead atoms. The first-order chi connectivity index (χ1) is 8.97. The van der Waals surface area contributed by atoms with Gasteiger partial charge in [-0.1, -0.05) is 6.07 Å². The van der Waals surface area contributed by atoms with E-state index in [1.807, 2.05) is 0 Å². The summed E-state index contributed by atoms with van der Waals surface area (Å²) in [4.78, 5) is 18.7. The smallest absolute Gasteiger partial charge is 0.336 e. The van der Waals surface area contributed by atoms with Crippen LogP contribution in [-0.2, 0) is 0 Å². The zero-order chi connectivity index (χ0) is 14.0. The van der Waals surface area contributed by atoms with Crippen molar-refractivity contribution in [3.05, 3.63) is 35.6 Å². The molecule has 6 nitrogen and oxygen atoms in total. The molecule has 5 N–H and O–H groups in total. The predicted molar refractivity (Wildman–Crippen MR) is 68.3 cm³/mol. The van der Waals surface area contributed by atoms with E-state index in [9.17, 15) is 9.18 Å². The molecule has 2 aromatic rings. The molecule has 0 atom stereocenters. The Labute approximate surface area is 111 Å². The zero-order valence-electron chi connectivity index (χ0n) is 9.50. The van der Waals surface area contributed by atoms with Crippen molar-refractivity contribution in [2.24, 2.45) is 0 Å². The Morgan fingerprint density at radius 2 is 1.89 bits per heavy atom. The molecule has 0 aliphatic rings. The largest absolute Gasteiger partial charge is 0.478 e. The van der Waals surface area contributed by atoms with E-state index >= 15 is 0 Å². The lowest BCUT2D eigenvalue weighted by Gasteiger charge is -2.06. The van der Waals surface area contributed by atoms with Crippen molar-refractivity contribution < 1.29 is 14.3 Å². The molecule has 0 aliphatic heterocycles. The van der Waals surface area contributed by atoms with E-state index in [1.54, 1.807) is 0 Å². The van der Waals surface area contributed by atoms with Crippen LogP contribution in [0.5, 0.6) is 0 Å². The van der Waals surface area contributed by atoms with Crippen LogP contribution in [0, 0.1) is 5.82 Å². The first-order valence-electron chi connectivity index (χ1n) is 5.07. The normalized spacial score (nSPS) is 10.4. The fourth-order valence-electron chi connectivity index (χ4n) is 1.38. The van der Waals surface area contributed by atoms with Crippen LogP contribution in [0.15, 0.2) is 34.3 Å². The average molecular weight is 280 g/mol. The second kappa shape index (κ2) is 5.11. The SMILES string of the molecule is Nc1cc(N)nc(Sc2c(F)cccc2C(=O)O)n1. The Bertz CT molecular complexity index is 630. The molecule has 0 saturated heterocycles. The fourth-order valence-corrected chi connectivity index (χ4v) is 2.30. The maximum Gasteiger partial charge on any atom is 0.336 e. The topological polar surface area (TPSA) is 115 Å². The standard InChI is InChI=1S/C11H9FN4O2S/c12-6-3-1-2-5(10(17)18)9(6)19-11-15-7(13)4-8(14)16-11/h1-4H,(H,17,18)(H4,13,14,15,16). The molecule has 2 rings (SSSR count). The molecule has 0 spiro atoms. The summed E-state index contributed by atoms with van der Waals surface area (Å²) in [6, 6.07) is 5.12. The minimum atomic E-state index is -1.24. The van der Waals surface area contributed by atoms with Gasteiger partial charge in [-0.15, -0.1) is 0 Å². The number of hydrogen-bond donors (Lipinski definition) is 3. The molecule has 0 unspecified atom stereocenters. The molecule has 0 amide bonds. The number of anilines is 2. The van der Waals surface area contributed by atoms with E-state index < -0.39 is 11.8 Å². The first-order valence-corrected chi connectivity index (χ1v) is 5.88. The first kappa shape index (κ1) is 13.1. The van der Waals surface area contributed by atoms with Crippen LogP contribution in [0.4, 0.5) is 16.0 Å². The van der Waals surface area contributed by atoms with Crippen LogP contribution in [0.2, 0.25) is 0 Å². The Hall–Kier alpha value is -2.35. The second-order valence-electron chi connectivity index (χ2n) is 3.52. The van der Waals surface area contributed by atoms with Gasteiger partial charge >= 0.3 is 5.97 Å². The Kier molecular flexibility index (Phi) is 3.52. The van der Waals surface area contributed by atoms with Crippen molar-refractivity contribution in [2.45, 2.75) is 10.1 Å². The minimum absolute atomic E-state index is 0.0833. The highest BCUT2D eigenvalue weighted by Gasteiger charge is 2.17. The third-order valence-corrected chi connectivity index (χ3v) is 3.12. The molecule has 1 heterocycles. The molecular weight excluding hydrogens is 271 g/mol. The maximum absolute atomic E-state index is 13.7. The summed E-state index contributed by atoms with van der Waals surface area (Å²) in [6.07, 6.45) is 0. The van der Waals surface area contributed by atoms with E-state index in [0.717, 1.165) is 17.8 Å².